The Morgan fingerprint density at radius 3 is 2.77 bits per heavy atom. The van der Waals surface area contributed by atoms with Crippen LogP contribution in [-0.4, -0.2) is 50.7 Å². The first kappa shape index (κ1) is 20.1. The molecule has 0 spiro atoms. The second-order valence-corrected chi connectivity index (χ2v) is 7.65. The largest absolute Gasteiger partial charge is 0.493 e. The van der Waals surface area contributed by atoms with Crippen LogP contribution in [0.25, 0.3) is 0 Å². The molecule has 0 saturated carbocycles. The number of methoxy groups -OCH3 is 2. The summed E-state index contributed by atoms with van der Waals surface area (Å²) in [6.45, 7) is 1.10. The van der Waals surface area contributed by atoms with E-state index in [1.165, 1.54) is 0 Å². The Kier molecular flexibility index (Phi) is 5.53. The Balaban J connectivity index is 1.54. The second kappa shape index (κ2) is 8.26. The molecule has 2 aliphatic rings. The van der Waals surface area contributed by atoms with Crippen LogP contribution in [0, 0.1) is 0 Å². The summed E-state index contributed by atoms with van der Waals surface area (Å²) < 4.78 is 10.7. The number of hydrogen-bond acceptors (Lipinski definition) is 5. The van der Waals surface area contributed by atoms with Crippen LogP contribution in [0.3, 0.4) is 0 Å². The minimum atomic E-state index is -0.199. The first-order valence-electron chi connectivity index (χ1n) is 10.2. The molecule has 2 aromatic carbocycles. The minimum Gasteiger partial charge on any atom is -0.493 e. The van der Waals surface area contributed by atoms with Crippen LogP contribution in [-0.2, 0) is 6.54 Å². The number of amides is 2. The van der Waals surface area contributed by atoms with Gasteiger partial charge in [0.25, 0.3) is 11.8 Å². The number of benzene rings is 2. The summed E-state index contributed by atoms with van der Waals surface area (Å²) in [6.07, 6.45) is 3.17. The molecular weight excluding hydrogens is 382 g/mol. The number of nitrogens with one attached hydrogen (secondary N) is 1. The van der Waals surface area contributed by atoms with E-state index in [4.69, 9.17) is 9.47 Å². The summed E-state index contributed by atoms with van der Waals surface area (Å²) in [5, 5.41) is 2.94. The fraction of sp³-hybridized carbons (Fsp3) is 0.391. The van der Waals surface area contributed by atoms with Gasteiger partial charge in [-0.15, -0.1) is 0 Å². The fourth-order valence-corrected chi connectivity index (χ4v) is 4.38. The number of para-hydroxylation sites is 1. The van der Waals surface area contributed by atoms with Crippen molar-refractivity contribution in [2.75, 3.05) is 32.7 Å². The van der Waals surface area contributed by atoms with E-state index in [2.05, 4.69) is 10.2 Å². The predicted octanol–water partition coefficient (Wildman–Crippen LogP) is 3.04. The van der Waals surface area contributed by atoms with Crippen LogP contribution in [0.15, 0.2) is 36.4 Å². The highest BCUT2D eigenvalue weighted by Gasteiger charge is 2.37. The lowest BCUT2D eigenvalue weighted by molar-refractivity contribution is 0.0589. The average Bonchev–Trinajstić information content (AvgIpc) is 2.80. The van der Waals surface area contributed by atoms with E-state index in [0.717, 1.165) is 37.1 Å². The predicted molar refractivity (Wildman–Crippen MR) is 114 cm³/mol. The Bertz CT molecular complexity index is 975. The Morgan fingerprint density at radius 2 is 2.00 bits per heavy atom. The maximum Gasteiger partial charge on any atom is 0.257 e. The molecule has 0 bridgehead atoms. The highest BCUT2D eigenvalue weighted by Crippen LogP contribution is 2.35. The number of fused-ring (bicyclic) bond motifs is 2. The normalized spacial score (nSPS) is 17.8. The van der Waals surface area contributed by atoms with Crippen LogP contribution < -0.4 is 19.7 Å². The molecule has 0 aromatic heterocycles. The van der Waals surface area contributed by atoms with Crippen LogP contribution in [0.4, 0.5) is 5.69 Å². The molecule has 1 atom stereocenters. The third kappa shape index (κ3) is 3.44. The molecular formula is C23H27N3O4. The molecule has 2 aliphatic heterocycles. The number of rotatable bonds is 5. The van der Waals surface area contributed by atoms with E-state index in [-0.39, 0.29) is 18.0 Å². The van der Waals surface area contributed by atoms with Gasteiger partial charge in [0.2, 0.25) is 0 Å². The van der Waals surface area contributed by atoms with Crippen molar-refractivity contribution in [3.8, 4) is 11.5 Å². The lowest BCUT2D eigenvalue weighted by Crippen LogP contribution is -2.55. The summed E-state index contributed by atoms with van der Waals surface area (Å²) in [7, 11) is 5.16. The van der Waals surface area contributed by atoms with Crippen LogP contribution in [0.5, 0.6) is 11.5 Å². The Labute approximate surface area is 176 Å². The summed E-state index contributed by atoms with van der Waals surface area (Å²) in [5.41, 5.74) is 2.82. The molecule has 1 fully saturated rings. The first-order chi connectivity index (χ1) is 14.5. The molecule has 0 unspecified atom stereocenters. The van der Waals surface area contributed by atoms with Gasteiger partial charge >= 0.3 is 0 Å². The van der Waals surface area contributed by atoms with E-state index in [1.54, 1.807) is 26.4 Å². The molecule has 1 N–H and O–H groups in total. The van der Waals surface area contributed by atoms with Crippen molar-refractivity contribution in [3.63, 3.8) is 0 Å². The van der Waals surface area contributed by atoms with Crippen molar-refractivity contribution in [1.82, 2.24) is 10.2 Å². The van der Waals surface area contributed by atoms with Crippen LogP contribution in [0.1, 0.15) is 45.5 Å². The molecule has 1 saturated heterocycles. The number of nitrogens with zero attached hydrogens (tertiary/aromatic N) is 2. The Morgan fingerprint density at radius 1 is 1.17 bits per heavy atom. The van der Waals surface area contributed by atoms with Gasteiger partial charge in [-0.25, -0.2) is 0 Å². The van der Waals surface area contributed by atoms with Crippen molar-refractivity contribution in [2.45, 2.75) is 32.0 Å². The van der Waals surface area contributed by atoms with Crippen molar-refractivity contribution in [1.29, 1.82) is 0 Å². The molecule has 2 heterocycles. The quantitative estimate of drug-likeness (QED) is 0.822. The highest BCUT2D eigenvalue weighted by atomic mass is 16.5. The van der Waals surface area contributed by atoms with E-state index in [0.29, 0.717) is 29.2 Å². The van der Waals surface area contributed by atoms with Gasteiger partial charge < -0.3 is 24.6 Å². The van der Waals surface area contributed by atoms with Gasteiger partial charge in [-0.05, 0) is 43.5 Å². The van der Waals surface area contributed by atoms with Crippen LogP contribution >= 0.6 is 0 Å². The van der Waals surface area contributed by atoms with Crippen molar-refractivity contribution in [3.05, 3.63) is 53.1 Å². The zero-order valence-corrected chi connectivity index (χ0v) is 17.6. The highest BCUT2D eigenvalue weighted by molar-refractivity contribution is 6.04. The number of carbonyl (C=O) groups excluding carboxylic acids is 2. The molecule has 158 valence electrons. The van der Waals surface area contributed by atoms with Gasteiger partial charge in [-0.3, -0.25) is 9.59 Å². The lowest BCUT2D eigenvalue weighted by Gasteiger charge is -2.46. The zero-order chi connectivity index (χ0) is 21.3. The summed E-state index contributed by atoms with van der Waals surface area (Å²) in [5.74, 6) is 1.08. The monoisotopic (exact) mass is 409 g/mol. The van der Waals surface area contributed by atoms with Gasteiger partial charge in [0.1, 0.15) is 6.17 Å². The molecule has 0 radical (unpaired) electrons. The van der Waals surface area contributed by atoms with Crippen molar-refractivity contribution >= 4 is 17.5 Å². The number of hydrogen-bond donors (Lipinski definition) is 1. The number of piperidine rings is 1. The SMILES string of the molecule is COc1cccc(CNC(=O)c2ccc3c(c2)N(C)[C@H]2CCCCN2C3=O)c1OC. The molecule has 7 heteroatoms. The van der Waals surface area contributed by atoms with E-state index in [1.807, 2.05) is 36.2 Å². The average molecular weight is 409 g/mol. The first-order valence-corrected chi connectivity index (χ1v) is 10.2. The van der Waals surface area contributed by atoms with Gasteiger partial charge in [-0.2, -0.15) is 0 Å². The van der Waals surface area contributed by atoms with Crippen LogP contribution in [0.2, 0.25) is 0 Å². The van der Waals surface area contributed by atoms with Gasteiger partial charge in [0.05, 0.1) is 25.5 Å². The van der Waals surface area contributed by atoms with Crippen molar-refractivity contribution < 1.29 is 19.1 Å². The van der Waals surface area contributed by atoms with Gasteiger partial charge in [-0.1, -0.05) is 12.1 Å². The fourth-order valence-electron chi connectivity index (χ4n) is 4.38. The van der Waals surface area contributed by atoms with Gasteiger partial charge in [0, 0.05) is 31.3 Å². The van der Waals surface area contributed by atoms with Gasteiger partial charge in [0.15, 0.2) is 11.5 Å². The molecule has 2 amide bonds. The third-order valence-corrected chi connectivity index (χ3v) is 5.97. The van der Waals surface area contributed by atoms with E-state index in [9.17, 15) is 9.59 Å². The summed E-state index contributed by atoms with van der Waals surface area (Å²) >= 11 is 0. The second-order valence-electron chi connectivity index (χ2n) is 7.65. The molecule has 7 nitrogen and oxygen atoms in total. The van der Waals surface area contributed by atoms with E-state index >= 15 is 0 Å². The molecule has 4 rings (SSSR count). The smallest absolute Gasteiger partial charge is 0.257 e. The number of ether oxygens (including phenoxy) is 2. The standard InChI is InChI=1S/C23H27N3O4/c1-25-18-13-15(10-11-17(18)23(28)26-12-5-4-9-20(25)26)22(27)24-14-16-7-6-8-19(29-2)21(16)30-3/h6-8,10-11,13,20H,4-5,9,12,14H2,1-3H3,(H,24,27)/t20-/m1/s1. The number of carbonyl (C=O) groups is 2. The zero-order valence-electron chi connectivity index (χ0n) is 17.6. The molecule has 2 aromatic rings. The minimum absolute atomic E-state index is 0.0564. The van der Waals surface area contributed by atoms with E-state index < -0.39 is 0 Å². The topological polar surface area (TPSA) is 71.1 Å². The van der Waals surface area contributed by atoms with Crippen molar-refractivity contribution in [2.24, 2.45) is 0 Å². The maximum absolute atomic E-state index is 12.9. The molecule has 30 heavy (non-hydrogen) atoms. The molecule has 0 aliphatic carbocycles. The number of anilines is 1. The summed E-state index contributed by atoms with van der Waals surface area (Å²) in [6, 6.07) is 10.9. The lowest BCUT2D eigenvalue weighted by atomic mass is 9.97. The Hall–Kier alpha value is -3.22. The maximum atomic E-state index is 12.9. The third-order valence-electron chi connectivity index (χ3n) is 5.97. The summed E-state index contributed by atoms with van der Waals surface area (Å²) in [4.78, 5) is 29.8.